The molecule has 1 aliphatic rings. The average molecular weight is 443 g/mol. The summed E-state index contributed by atoms with van der Waals surface area (Å²) >= 11 is 6.07. The van der Waals surface area contributed by atoms with E-state index < -0.39 is 5.82 Å². The number of anilines is 2. The van der Waals surface area contributed by atoms with E-state index in [1.54, 1.807) is 24.9 Å². The SMILES string of the molecule is Fc1cc2c(cc1Cl)N(c1ncnc3ccc(-c4ccc(-n5ccnc5)nc4)cc13)CC2. The lowest BCUT2D eigenvalue weighted by Crippen LogP contribution is -2.15. The Morgan fingerprint density at radius 2 is 1.88 bits per heavy atom. The molecule has 0 radical (unpaired) electrons. The lowest BCUT2D eigenvalue weighted by molar-refractivity contribution is 0.627. The van der Waals surface area contributed by atoms with Gasteiger partial charge in [0.1, 0.15) is 30.1 Å². The first kappa shape index (κ1) is 18.9. The monoisotopic (exact) mass is 442 g/mol. The molecule has 0 aliphatic carbocycles. The number of hydrogen-bond acceptors (Lipinski definition) is 5. The van der Waals surface area contributed by atoms with Crippen LogP contribution in [-0.2, 0) is 6.42 Å². The van der Waals surface area contributed by atoms with Crippen molar-refractivity contribution in [1.29, 1.82) is 0 Å². The summed E-state index contributed by atoms with van der Waals surface area (Å²) in [6, 6.07) is 13.3. The van der Waals surface area contributed by atoms with Crippen LogP contribution in [0, 0.1) is 5.82 Å². The van der Waals surface area contributed by atoms with Gasteiger partial charge in [-0.1, -0.05) is 17.7 Å². The van der Waals surface area contributed by atoms with E-state index in [0.29, 0.717) is 6.54 Å². The molecule has 1 aliphatic heterocycles. The molecule has 8 heteroatoms. The van der Waals surface area contributed by atoms with E-state index >= 15 is 0 Å². The minimum absolute atomic E-state index is 0.110. The zero-order valence-corrected chi connectivity index (χ0v) is 17.5. The lowest BCUT2D eigenvalue weighted by atomic mass is 10.0. The van der Waals surface area contributed by atoms with Crippen molar-refractivity contribution in [1.82, 2.24) is 24.5 Å². The van der Waals surface area contributed by atoms with Gasteiger partial charge in [0.05, 0.1) is 10.5 Å². The molecule has 0 atom stereocenters. The van der Waals surface area contributed by atoms with Crippen LogP contribution in [0.15, 0.2) is 73.7 Å². The Balaban J connectivity index is 1.43. The topological polar surface area (TPSA) is 59.7 Å². The van der Waals surface area contributed by atoms with E-state index in [1.807, 2.05) is 41.2 Å². The molecular weight excluding hydrogens is 427 g/mol. The Morgan fingerprint density at radius 3 is 2.69 bits per heavy atom. The molecule has 0 amide bonds. The third-order valence-electron chi connectivity index (χ3n) is 5.74. The first-order valence-electron chi connectivity index (χ1n) is 10.1. The van der Waals surface area contributed by atoms with Gasteiger partial charge in [0.25, 0.3) is 0 Å². The molecule has 5 aromatic rings. The fraction of sp³-hybridized carbons (Fsp3) is 0.0833. The predicted octanol–water partition coefficient (Wildman–Crippen LogP) is 5.36. The smallest absolute Gasteiger partial charge is 0.144 e. The molecule has 0 bridgehead atoms. The fourth-order valence-corrected chi connectivity index (χ4v) is 4.30. The van der Waals surface area contributed by atoms with Crippen LogP contribution in [0.25, 0.3) is 27.8 Å². The Kier molecular flexibility index (Phi) is 4.36. The zero-order chi connectivity index (χ0) is 21.7. The number of pyridine rings is 1. The molecule has 0 spiro atoms. The van der Waals surface area contributed by atoms with Crippen LogP contribution in [0.4, 0.5) is 15.9 Å². The van der Waals surface area contributed by atoms with Crippen molar-refractivity contribution in [3.8, 4) is 16.9 Å². The van der Waals surface area contributed by atoms with Gasteiger partial charge < -0.3 is 4.90 Å². The van der Waals surface area contributed by atoms with Crippen molar-refractivity contribution in [2.24, 2.45) is 0 Å². The van der Waals surface area contributed by atoms with Gasteiger partial charge in [-0.25, -0.2) is 24.3 Å². The molecule has 32 heavy (non-hydrogen) atoms. The predicted molar refractivity (Wildman–Crippen MR) is 122 cm³/mol. The van der Waals surface area contributed by atoms with Crippen molar-refractivity contribution >= 4 is 34.0 Å². The fourth-order valence-electron chi connectivity index (χ4n) is 4.14. The number of imidazole rings is 1. The minimum Gasteiger partial charge on any atom is -0.325 e. The van der Waals surface area contributed by atoms with Gasteiger partial charge in [0.15, 0.2) is 0 Å². The first-order valence-corrected chi connectivity index (χ1v) is 10.5. The van der Waals surface area contributed by atoms with E-state index in [9.17, 15) is 4.39 Å². The largest absolute Gasteiger partial charge is 0.325 e. The summed E-state index contributed by atoms with van der Waals surface area (Å²) in [4.78, 5) is 19.7. The molecular formula is C24H16ClFN6. The Hall–Kier alpha value is -3.84. The summed E-state index contributed by atoms with van der Waals surface area (Å²) in [5.74, 6) is 1.18. The summed E-state index contributed by atoms with van der Waals surface area (Å²) in [7, 11) is 0. The number of nitrogens with zero attached hydrogens (tertiary/aromatic N) is 6. The maximum absolute atomic E-state index is 13.9. The lowest BCUT2D eigenvalue weighted by Gasteiger charge is -2.20. The highest BCUT2D eigenvalue weighted by Crippen LogP contribution is 2.39. The Labute approximate surface area is 188 Å². The molecule has 0 fully saturated rings. The third-order valence-corrected chi connectivity index (χ3v) is 6.03. The molecule has 2 aromatic carbocycles. The summed E-state index contributed by atoms with van der Waals surface area (Å²) < 4.78 is 15.8. The van der Waals surface area contributed by atoms with Crippen molar-refractivity contribution < 1.29 is 4.39 Å². The quantitative estimate of drug-likeness (QED) is 0.376. The molecule has 0 saturated carbocycles. The second kappa shape index (κ2) is 7.39. The molecule has 6 nitrogen and oxygen atoms in total. The maximum atomic E-state index is 13.9. The van der Waals surface area contributed by atoms with Crippen molar-refractivity contribution in [2.75, 3.05) is 11.4 Å². The van der Waals surface area contributed by atoms with Crippen molar-refractivity contribution in [3.05, 3.63) is 90.1 Å². The van der Waals surface area contributed by atoms with Crippen molar-refractivity contribution in [2.45, 2.75) is 6.42 Å². The summed E-state index contributed by atoms with van der Waals surface area (Å²) in [6.07, 6.45) is 9.42. The van der Waals surface area contributed by atoms with Crippen LogP contribution in [0.1, 0.15) is 5.56 Å². The maximum Gasteiger partial charge on any atom is 0.144 e. The van der Waals surface area contributed by atoms with Crippen LogP contribution in [0.2, 0.25) is 5.02 Å². The van der Waals surface area contributed by atoms with Crippen LogP contribution in [0.5, 0.6) is 0 Å². The van der Waals surface area contributed by atoms with Gasteiger partial charge in [0.2, 0.25) is 0 Å². The van der Waals surface area contributed by atoms with Gasteiger partial charge in [-0.3, -0.25) is 4.57 Å². The third kappa shape index (κ3) is 3.09. The summed E-state index contributed by atoms with van der Waals surface area (Å²) in [5.41, 5.74) is 4.64. The van der Waals surface area contributed by atoms with Gasteiger partial charge in [-0.05, 0) is 53.9 Å². The highest BCUT2D eigenvalue weighted by Gasteiger charge is 2.25. The Morgan fingerprint density at radius 1 is 0.969 bits per heavy atom. The van der Waals surface area contributed by atoms with Gasteiger partial charge in [-0.2, -0.15) is 0 Å². The number of hydrogen-bond donors (Lipinski definition) is 0. The first-order chi connectivity index (χ1) is 15.7. The summed E-state index contributed by atoms with van der Waals surface area (Å²) in [5, 5.41) is 1.02. The van der Waals surface area contributed by atoms with Gasteiger partial charge >= 0.3 is 0 Å². The number of halogens is 2. The van der Waals surface area contributed by atoms with E-state index in [1.165, 1.54) is 6.07 Å². The van der Waals surface area contributed by atoms with Crippen molar-refractivity contribution in [3.63, 3.8) is 0 Å². The second-order valence-electron chi connectivity index (χ2n) is 7.60. The number of fused-ring (bicyclic) bond motifs is 2. The van der Waals surface area contributed by atoms with Crippen LogP contribution in [0.3, 0.4) is 0 Å². The Bertz CT molecular complexity index is 1450. The molecule has 3 aromatic heterocycles. The number of benzene rings is 2. The van der Waals surface area contributed by atoms with E-state index in [0.717, 1.165) is 51.3 Å². The molecule has 6 rings (SSSR count). The van der Waals surface area contributed by atoms with Crippen LogP contribution >= 0.6 is 11.6 Å². The minimum atomic E-state index is -0.395. The molecule has 156 valence electrons. The number of rotatable bonds is 3. The summed E-state index contributed by atoms with van der Waals surface area (Å²) in [6.45, 7) is 0.701. The molecule has 0 saturated heterocycles. The molecule has 0 unspecified atom stereocenters. The van der Waals surface area contributed by atoms with Gasteiger partial charge in [0, 0.05) is 41.8 Å². The molecule has 0 N–H and O–H groups in total. The van der Waals surface area contributed by atoms with E-state index in [-0.39, 0.29) is 5.02 Å². The van der Waals surface area contributed by atoms with E-state index in [2.05, 4.69) is 30.9 Å². The average Bonchev–Trinajstić information content (AvgIpc) is 3.49. The van der Waals surface area contributed by atoms with Crippen LogP contribution in [-0.4, -0.2) is 31.0 Å². The normalized spacial score (nSPS) is 13.0. The van der Waals surface area contributed by atoms with Crippen LogP contribution < -0.4 is 4.90 Å². The standard InChI is InChI=1S/C24H16ClFN6/c25-19-11-22-16(10-20(19)26)5-7-32(22)24-18-9-15(1-3-21(18)29-13-30-24)17-2-4-23(28-12-17)31-8-6-27-14-31/h1-4,6,8-14H,5,7H2. The highest BCUT2D eigenvalue weighted by molar-refractivity contribution is 6.31. The second-order valence-corrected chi connectivity index (χ2v) is 8.01. The number of aromatic nitrogens is 5. The van der Waals surface area contributed by atoms with E-state index in [4.69, 9.17) is 11.6 Å². The highest BCUT2D eigenvalue weighted by atomic mass is 35.5. The zero-order valence-electron chi connectivity index (χ0n) is 16.8. The molecule has 4 heterocycles. The van der Waals surface area contributed by atoms with Gasteiger partial charge in [-0.15, -0.1) is 0 Å².